The molecule has 0 aromatic carbocycles. The van der Waals surface area contributed by atoms with Crippen LogP contribution in [0.1, 0.15) is 95.7 Å². The van der Waals surface area contributed by atoms with Gasteiger partial charge in [-0.2, -0.15) is 0 Å². The van der Waals surface area contributed by atoms with Gasteiger partial charge in [0, 0.05) is 37.2 Å². The molecule has 10 heteroatoms. The molecule has 0 bridgehead atoms. The number of hydrogen-bond acceptors (Lipinski definition) is 8. The minimum absolute atomic E-state index is 0.00188. The largest absolute Gasteiger partial charge is 0.347 e. The number of thiophene rings is 1. The van der Waals surface area contributed by atoms with Crippen molar-refractivity contribution in [3.05, 3.63) is 40.2 Å². The Bertz CT molecular complexity index is 1400. The molecule has 2 aliphatic rings. The van der Waals surface area contributed by atoms with Crippen LogP contribution in [0.4, 0.5) is 5.82 Å². The van der Waals surface area contributed by atoms with Crippen molar-refractivity contribution in [3.63, 3.8) is 0 Å². The Balaban J connectivity index is 1.54. The van der Waals surface area contributed by atoms with E-state index in [9.17, 15) is 14.4 Å². The summed E-state index contributed by atoms with van der Waals surface area (Å²) in [5.74, 6) is 0.585. The van der Waals surface area contributed by atoms with E-state index >= 15 is 0 Å². The summed E-state index contributed by atoms with van der Waals surface area (Å²) in [6.07, 6.45) is 11.5. The number of Topliss-reactive ketones (excluding diaryl/α,β-unsaturated/α-hetero) is 1. The van der Waals surface area contributed by atoms with E-state index in [2.05, 4.69) is 53.4 Å². The molecule has 1 aliphatic carbocycles. The SMILES string of the molecule is CCC(C)C1(NC(=O)/C(C)=C(C)/C=C(/Nc2ncnc3sc(C(=O)N4CCC(N(C)C)CC4)cc23)C(C)=O)CCCCC1. The van der Waals surface area contributed by atoms with Gasteiger partial charge >= 0.3 is 0 Å². The number of nitrogens with one attached hydrogen (secondary N) is 2. The van der Waals surface area contributed by atoms with E-state index in [1.807, 2.05) is 24.8 Å². The van der Waals surface area contributed by atoms with Gasteiger partial charge in [0.15, 0.2) is 5.78 Å². The second kappa shape index (κ2) is 14.1. The van der Waals surface area contributed by atoms with Crippen molar-refractivity contribution >= 4 is 45.0 Å². The molecule has 4 rings (SSSR count). The molecule has 1 aliphatic heterocycles. The Morgan fingerprint density at radius 2 is 1.79 bits per heavy atom. The maximum absolute atomic E-state index is 13.4. The van der Waals surface area contributed by atoms with Gasteiger partial charge in [-0.3, -0.25) is 14.4 Å². The van der Waals surface area contributed by atoms with E-state index in [0.29, 0.717) is 49.7 Å². The van der Waals surface area contributed by atoms with Crippen LogP contribution in [0.5, 0.6) is 0 Å². The van der Waals surface area contributed by atoms with E-state index in [1.165, 1.54) is 31.0 Å². The molecule has 1 atom stereocenters. The van der Waals surface area contributed by atoms with Crippen molar-refractivity contribution in [2.24, 2.45) is 5.92 Å². The molecule has 9 nitrogen and oxygen atoms in total. The molecule has 2 aromatic heterocycles. The Morgan fingerprint density at radius 3 is 2.40 bits per heavy atom. The Morgan fingerprint density at radius 1 is 1.12 bits per heavy atom. The number of anilines is 1. The number of amides is 2. The Labute approximate surface area is 260 Å². The molecule has 43 heavy (non-hydrogen) atoms. The third-order valence-electron chi connectivity index (χ3n) is 9.61. The summed E-state index contributed by atoms with van der Waals surface area (Å²) in [6, 6.07) is 2.31. The van der Waals surface area contributed by atoms with E-state index < -0.39 is 0 Å². The first-order valence-corrected chi connectivity index (χ1v) is 16.5. The van der Waals surface area contributed by atoms with Crippen LogP contribution in [-0.4, -0.2) is 76.1 Å². The highest BCUT2D eigenvalue weighted by atomic mass is 32.1. The number of piperidine rings is 1. The lowest BCUT2D eigenvalue weighted by Gasteiger charge is -2.43. The lowest BCUT2D eigenvalue weighted by molar-refractivity contribution is -0.120. The summed E-state index contributed by atoms with van der Waals surface area (Å²) in [5.41, 5.74) is 1.43. The highest BCUT2D eigenvalue weighted by Crippen LogP contribution is 2.36. The Hall–Kier alpha value is -3.11. The third kappa shape index (κ3) is 7.52. The second-order valence-corrected chi connectivity index (χ2v) is 13.6. The summed E-state index contributed by atoms with van der Waals surface area (Å²) in [5, 5.41) is 7.27. The van der Waals surface area contributed by atoms with Gasteiger partial charge in [-0.25, -0.2) is 9.97 Å². The second-order valence-electron chi connectivity index (χ2n) is 12.6. The van der Waals surface area contributed by atoms with Gasteiger partial charge < -0.3 is 20.4 Å². The van der Waals surface area contributed by atoms with E-state index in [1.54, 1.807) is 6.08 Å². The molecular weight excluding hydrogens is 560 g/mol. The van der Waals surface area contributed by atoms with Gasteiger partial charge in [-0.1, -0.05) is 39.5 Å². The van der Waals surface area contributed by atoms with Gasteiger partial charge in [0.1, 0.15) is 17.0 Å². The van der Waals surface area contributed by atoms with Crippen molar-refractivity contribution in [1.82, 2.24) is 25.1 Å². The fourth-order valence-electron chi connectivity index (χ4n) is 6.29. The molecule has 0 radical (unpaired) electrons. The minimum Gasteiger partial charge on any atom is -0.347 e. The van der Waals surface area contributed by atoms with E-state index in [0.717, 1.165) is 58.0 Å². The normalized spacial score (nSPS) is 19.3. The summed E-state index contributed by atoms with van der Waals surface area (Å²) in [4.78, 5) is 53.8. The molecular formula is C33H48N6O3S. The first-order chi connectivity index (χ1) is 20.5. The molecule has 0 spiro atoms. The molecule has 1 unspecified atom stereocenters. The number of nitrogens with zero attached hydrogens (tertiary/aromatic N) is 4. The number of ketones is 1. The maximum atomic E-state index is 13.4. The molecule has 3 heterocycles. The van der Waals surface area contributed by atoms with Crippen molar-refractivity contribution in [1.29, 1.82) is 0 Å². The monoisotopic (exact) mass is 608 g/mol. The molecule has 1 saturated carbocycles. The zero-order valence-corrected chi connectivity index (χ0v) is 27.7. The number of likely N-dealkylation sites (tertiary alicyclic amines) is 1. The zero-order valence-electron chi connectivity index (χ0n) is 26.9. The topological polar surface area (TPSA) is 108 Å². The molecule has 2 fully saturated rings. The predicted molar refractivity (Wildman–Crippen MR) is 174 cm³/mol. The van der Waals surface area contributed by atoms with Crippen LogP contribution >= 0.6 is 11.3 Å². The molecule has 1 saturated heterocycles. The number of allylic oxidation sites excluding steroid dienone is 3. The average Bonchev–Trinajstić information content (AvgIpc) is 3.45. The van der Waals surface area contributed by atoms with Crippen LogP contribution < -0.4 is 10.6 Å². The Kier molecular flexibility index (Phi) is 10.8. The number of hydrogen-bond donors (Lipinski definition) is 2. The molecule has 2 aromatic rings. The van der Waals surface area contributed by atoms with Crippen molar-refractivity contribution in [3.8, 4) is 0 Å². The van der Waals surface area contributed by atoms with Crippen LogP contribution in [0.25, 0.3) is 10.2 Å². The first kappa shape index (κ1) is 32.8. The minimum atomic E-state index is -0.182. The highest BCUT2D eigenvalue weighted by molar-refractivity contribution is 7.20. The molecule has 234 valence electrons. The lowest BCUT2D eigenvalue weighted by Crippen LogP contribution is -2.54. The van der Waals surface area contributed by atoms with E-state index in [4.69, 9.17) is 0 Å². The van der Waals surface area contributed by atoms with Crippen molar-refractivity contribution < 1.29 is 14.4 Å². The van der Waals surface area contributed by atoms with Crippen LogP contribution in [0.2, 0.25) is 0 Å². The van der Waals surface area contributed by atoms with Crippen LogP contribution in [0.15, 0.2) is 35.3 Å². The molecule has 2 amide bonds. The van der Waals surface area contributed by atoms with E-state index in [-0.39, 0.29) is 23.1 Å². The van der Waals surface area contributed by atoms with Gasteiger partial charge in [0.25, 0.3) is 5.91 Å². The van der Waals surface area contributed by atoms with Gasteiger partial charge in [0.05, 0.1) is 16.0 Å². The quantitative estimate of drug-likeness (QED) is 0.254. The molecule has 2 N–H and O–H groups in total. The number of rotatable bonds is 10. The zero-order chi connectivity index (χ0) is 31.3. The van der Waals surface area contributed by atoms with Gasteiger partial charge in [-0.15, -0.1) is 11.3 Å². The lowest BCUT2D eigenvalue weighted by atomic mass is 9.72. The van der Waals surface area contributed by atoms with Crippen LogP contribution in [0.3, 0.4) is 0 Å². The predicted octanol–water partition coefficient (Wildman–Crippen LogP) is 5.94. The van der Waals surface area contributed by atoms with Crippen LogP contribution in [0, 0.1) is 5.92 Å². The summed E-state index contributed by atoms with van der Waals surface area (Å²) < 4.78 is 0. The summed E-state index contributed by atoms with van der Waals surface area (Å²) in [6.45, 7) is 11.0. The van der Waals surface area contributed by atoms with Gasteiger partial charge in [-0.05, 0) is 77.3 Å². The average molecular weight is 609 g/mol. The fourth-order valence-corrected chi connectivity index (χ4v) is 7.26. The number of fused-ring (bicyclic) bond motifs is 1. The smallest absolute Gasteiger partial charge is 0.264 e. The number of carbonyl (C=O) groups excluding carboxylic acids is 3. The number of carbonyl (C=O) groups is 3. The summed E-state index contributed by atoms with van der Waals surface area (Å²) >= 11 is 1.34. The first-order valence-electron chi connectivity index (χ1n) is 15.7. The van der Waals surface area contributed by atoms with Gasteiger partial charge in [0.2, 0.25) is 5.91 Å². The fraction of sp³-hybridized carbons (Fsp3) is 0.606. The highest BCUT2D eigenvalue weighted by Gasteiger charge is 2.38. The number of aromatic nitrogens is 2. The standard InChI is InChI=1S/C33H48N6O3S/c1-8-22(3)33(14-10-9-11-15-33)37-30(41)23(4)21(2)18-27(24(5)40)36-29-26-19-28(43-31(26)35-20-34-29)32(42)39-16-12-25(13-17-39)38(6)7/h18-20,22,25H,8-17H2,1-7H3,(H,37,41)(H,34,35,36)/b23-21+,27-18+. The van der Waals surface area contributed by atoms with Crippen molar-refractivity contribution in [2.75, 3.05) is 32.5 Å². The van der Waals surface area contributed by atoms with Crippen LogP contribution in [-0.2, 0) is 9.59 Å². The third-order valence-corrected chi connectivity index (χ3v) is 10.6. The maximum Gasteiger partial charge on any atom is 0.264 e. The summed E-state index contributed by atoms with van der Waals surface area (Å²) in [7, 11) is 4.16. The van der Waals surface area contributed by atoms with Crippen molar-refractivity contribution in [2.45, 2.75) is 97.6 Å².